The van der Waals surface area contributed by atoms with Gasteiger partial charge in [-0.05, 0) is 25.0 Å². The van der Waals surface area contributed by atoms with E-state index in [0.29, 0.717) is 12.8 Å². The maximum atomic E-state index is 13.5. The van der Waals surface area contributed by atoms with Gasteiger partial charge in [0.05, 0.1) is 16.9 Å². The van der Waals surface area contributed by atoms with E-state index in [1.54, 1.807) is 0 Å². The third-order valence-corrected chi connectivity index (χ3v) is 3.85. The molecule has 0 atom stereocenters. The average Bonchev–Trinajstić information content (AvgIpc) is 2.40. The number of carbonyl (C=O) groups excluding carboxylic acids is 1. The van der Waals surface area contributed by atoms with Gasteiger partial charge in [0.2, 0.25) is 5.91 Å². The molecule has 1 amide bonds. The Morgan fingerprint density at radius 2 is 1.80 bits per heavy atom. The van der Waals surface area contributed by atoms with Crippen LogP contribution in [-0.2, 0) is 11.2 Å². The van der Waals surface area contributed by atoms with Gasteiger partial charge in [0.25, 0.3) is 0 Å². The highest BCUT2D eigenvalue weighted by Gasteiger charge is 2.31. The molecule has 20 heavy (non-hydrogen) atoms. The summed E-state index contributed by atoms with van der Waals surface area (Å²) in [5.74, 6) is -1.99. The molecule has 1 aromatic rings. The number of nitrogens with two attached hydrogens (primary N) is 1. The van der Waals surface area contributed by atoms with Crippen LogP contribution in [0.1, 0.15) is 32.3 Å². The quantitative estimate of drug-likeness (QED) is 0.794. The van der Waals surface area contributed by atoms with Gasteiger partial charge < -0.3 is 11.1 Å². The minimum atomic E-state index is -0.811. The van der Waals surface area contributed by atoms with Crippen molar-refractivity contribution in [3.05, 3.63) is 35.4 Å². The smallest absolute Gasteiger partial charge is 0.225 e. The second-order valence-electron chi connectivity index (χ2n) is 4.58. The van der Waals surface area contributed by atoms with E-state index in [9.17, 15) is 13.6 Å². The number of halogens is 2. The van der Waals surface area contributed by atoms with E-state index in [1.165, 1.54) is 6.07 Å². The van der Waals surface area contributed by atoms with Gasteiger partial charge in [-0.25, -0.2) is 8.78 Å². The SMILES string of the molecule is CCC(CC)(NC(=O)Cc1c(F)cccc1F)C(N)=S. The molecule has 0 unspecified atom stereocenters. The first-order chi connectivity index (χ1) is 9.36. The molecule has 1 rings (SSSR count). The summed E-state index contributed by atoms with van der Waals surface area (Å²) < 4.78 is 27.0. The summed E-state index contributed by atoms with van der Waals surface area (Å²) in [6, 6.07) is 3.49. The van der Waals surface area contributed by atoms with Crippen molar-refractivity contribution >= 4 is 23.1 Å². The van der Waals surface area contributed by atoms with Crippen LogP contribution >= 0.6 is 12.2 Å². The molecule has 0 spiro atoms. The molecular formula is C14H18F2N2OS. The van der Waals surface area contributed by atoms with Crippen LogP contribution in [0.25, 0.3) is 0 Å². The number of thiocarbonyl (C=S) groups is 1. The van der Waals surface area contributed by atoms with Crippen molar-refractivity contribution in [3.8, 4) is 0 Å². The summed E-state index contributed by atoms with van der Waals surface area (Å²) in [4.78, 5) is 12.2. The van der Waals surface area contributed by atoms with E-state index in [4.69, 9.17) is 18.0 Å². The number of amides is 1. The monoisotopic (exact) mass is 300 g/mol. The molecule has 0 aromatic heterocycles. The first-order valence-corrected chi connectivity index (χ1v) is 6.81. The summed E-state index contributed by atoms with van der Waals surface area (Å²) in [5.41, 5.74) is 4.60. The van der Waals surface area contributed by atoms with E-state index < -0.39 is 23.1 Å². The van der Waals surface area contributed by atoms with Crippen molar-refractivity contribution < 1.29 is 13.6 Å². The molecule has 0 radical (unpaired) electrons. The van der Waals surface area contributed by atoms with E-state index >= 15 is 0 Å². The highest BCUT2D eigenvalue weighted by molar-refractivity contribution is 7.80. The fraction of sp³-hybridized carbons (Fsp3) is 0.429. The van der Waals surface area contributed by atoms with Crippen molar-refractivity contribution in [3.63, 3.8) is 0 Å². The molecule has 0 bridgehead atoms. The lowest BCUT2D eigenvalue weighted by atomic mass is 9.92. The standard InChI is InChI=1S/C14H18F2N2OS/c1-3-14(4-2,13(17)20)18-12(19)8-9-10(15)6-5-7-11(9)16/h5-7H,3-4,8H2,1-2H3,(H2,17,20)(H,18,19). The fourth-order valence-corrected chi connectivity index (χ4v) is 2.35. The second-order valence-corrected chi connectivity index (χ2v) is 5.02. The Bertz CT molecular complexity index is 496. The molecule has 0 saturated heterocycles. The third-order valence-electron chi connectivity index (χ3n) is 3.46. The number of rotatable bonds is 6. The summed E-state index contributed by atoms with van der Waals surface area (Å²) in [6.45, 7) is 3.68. The summed E-state index contributed by atoms with van der Waals surface area (Å²) in [5, 5.41) is 2.69. The number of hydrogen-bond acceptors (Lipinski definition) is 2. The van der Waals surface area contributed by atoms with Gasteiger partial charge in [-0.2, -0.15) is 0 Å². The Balaban J connectivity index is 2.89. The zero-order valence-electron chi connectivity index (χ0n) is 11.5. The minimum absolute atomic E-state index is 0.171. The van der Waals surface area contributed by atoms with E-state index in [0.717, 1.165) is 12.1 Å². The maximum Gasteiger partial charge on any atom is 0.225 e. The van der Waals surface area contributed by atoms with Crippen LogP contribution in [0.15, 0.2) is 18.2 Å². The van der Waals surface area contributed by atoms with Gasteiger partial charge in [0, 0.05) is 5.56 Å². The molecule has 6 heteroatoms. The zero-order valence-corrected chi connectivity index (χ0v) is 12.3. The normalized spacial score (nSPS) is 11.2. The van der Waals surface area contributed by atoms with E-state index in [-0.39, 0.29) is 17.0 Å². The molecule has 110 valence electrons. The predicted molar refractivity (Wildman–Crippen MR) is 78.3 cm³/mol. The van der Waals surface area contributed by atoms with Crippen LogP contribution < -0.4 is 11.1 Å². The molecule has 0 heterocycles. The topological polar surface area (TPSA) is 55.1 Å². The van der Waals surface area contributed by atoms with E-state index in [2.05, 4.69) is 5.32 Å². The van der Waals surface area contributed by atoms with Crippen molar-refractivity contribution in [1.29, 1.82) is 0 Å². The molecule has 3 N–H and O–H groups in total. The molecule has 3 nitrogen and oxygen atoms in total. The first-order valence-electron chi connectivity index (χ1n) is 6.40. The molecule has 0 aliphatic carbocycles. The Morgan fingerprint density at radius 3 is 2.20 bits per heavy atom. The highest BCUT2D eigenvalue weighted by Crippen LogP contribution is 2.17. The van der Waals surface area contributed by atoms with Gasteiger partial charge in [-0.15, -0.1) is 0 Å². The molecule has 1 aromatic carbocycles. The Kier molecular flexibility index (Phi) is 5.56. The summed E-state index contributed by atoms with van der Waals surface area (Å²) >= 11 is 4.98. The van der Waals surface area contributed by atoms with Crippen molar-refractivity contribution in [1.82, 2.24) is 5.32 Å². The third kappa shape index (κ3) is 3.50. The fourth-order valence-electron chi connectivity index (χ4n) is 2.01. The Labute approximate surface area is 122 Å². The molecule has 0 saturated carbocycles. The molecule has 0 aliphatic rings. The van der Waals surface area contributed by atoms with Crippen LogP contribution in [0, 0.1) is 11.6 Å². The van der Waals surface area contributed by atoms with Crippen LogP contribution in [0.4, 0.5) is 8.78 Å². The van der Waals surface area contributed by atoms with Gasteiger partial charge in [-0.1, -0.05) is 32.1 Å². The number of carbonyl (C=O) groups is 1. The lowest BCUT2D eigenvalue weighted by molar-refractivity contribution is -0.121. The van der Waals surface area contributed by atoms with Gasteiger partial charge in [0.15, 0.2) is 0 Å². The van der Waals surface area contributed by atoms with Crippen LogP contribution in [0.3, 0.4) is 0 Å². The maximum absolute atomic E-state index is 13.5. The summed E-state index contributed by atoms with van der Waals surface area (Å²) in [6.07, 6.45) is 0.650. The average molecular weight is 300 g/mol. The Morgan fingerprint density at radius 1 is 1.30 bits per heavy atom. The number of benzene rings is 1. The highest BCUT2D eigenvalue weighted by atomic mass is 32.1. The van der Waals surface area contributed by atoms with Crippen LogP contribution in [0.2, 0.25) is 0 Å². The van der Waals surface area contributed by atoms with Gasteiger partial charge >= 0.3 is 0 Å². The zero-order chi connectivity index (χ0) is 15.3. The van der Waals surface area contributed by atoms with Crippen molar-refractivity contribution in [2.75, 3.05) is 0 Å². The van der Waals surface area contributed by atoms with Crippen molar-refractivity contribution in [2.45, 2.75) is 38.6 Å². The molecule has 0 aliphatic heterocycles. The lowest BCUT2D eigenvalue weighted by Gasteiger charge is -2.31. The number of nitrogens with one attached hydrogen (secondary N) is 1. The van der Waals surface area contributed by atoms with Gasteiger partial charge in [-0.3, -0.25) is 4.79 Å². The first kappa shape index (κ1) is 16.5. The predicted octanol–water partition coefficient (Wildman–Crippen LogP) is 2.47. The minimum Gasteiger partial charge on any atom is -0.391 e. The Hall–Kier alpha value is -1.56. The van der Waals surface area contributed by atoms with E-state index in [1.807, 2.05) is 13.8 Å². The molecular weight excluding hydrogens is 282 g/mol. The van der Waals surface area contributed by atoms with Crippen LogP contribution in [0.5, 0.6) is 0 Å². The van der Waals surface area contributed by atoms with Crippen LogP contribution in [-0.4, -0.2) is 16.4 Å². The van der Waals surface area contributed by atoms with Gasteiger partial charge in [0.1, 0.15) is 11.6 Å². The molecule has 0 fully saturated rings. The number of hydrogen-bond donors (Lipinski definition) is 2. The largest absolute Gasteiger partial charge is 0.391 e. The van der Waals surface area contributed by atoms with Crippen molar-refractivity contribution in [2.24, 2.45) is 5.73 Å². The summed E-state index contributed by atoms with van der Waals surface area (Å²) in [7, 11) is 0. The lowest BCUT2D eigenvalue weighted by Crippen LogP contribution is -2.56. The second kappa shape index (κ2) is 6.74.